The molecule has 0 radical (unpaired) electrons. The van der Waals surface area contributed by atoms with Crippen molar-refractivity contribution in [2.75, 3.05) is 19.0 Å². The first kappa shape index (κ1) is 13.4. The average Bonchev–Trinajstić information content (AvgIpc) is 2.28. The molecule has 94 valence electrons. The number of aromatic nitrogens is 1. The van der Waals surface area contributed by atoms with Crippen LogP contribution in [-0.2, 0) is 0 Å². The van der Waals surface area contributed by atoms with Gasteiger partial charge in [-0.1, -0.05) is 0 Å². The number of anilines is 1. The zero-order valence-corrected chi connectivity index (χ0v) is 10.7. The van der Waals surface area contributed by atoms with Crippen LogP contribution in [0.3, 0.4) is 0 Å². The number of aryl methyl sites for hydroxylation is 1. The van der Waals surface area contributed by atoms with Crippen LogP contribution in [0.2, 0.25) is 0 Å². The number of aliphatic hydroxyl groups excluding tert-OH is 1. The number of aliphatic hydroxyl groups is 1. The molecule has 0 bridgehead atoms. The van der Waals surface area contributed by atoms with Gasteiger partial charge in [0.2, 0.25) is 0 Å². The SMILES string of the molecule is CNc1nc(C)ccc1C(=O)NC(C)(C)CO. The average molecular weight is 237 g/mol. The van der Waals surface area contributed by atoms with E-state index in [4.69, 9.17) is 5.11 Å². The number of hydrogen-bond acceptors (Lipinski definition) is 4. The number of carbonyl (C=O) groups is 1. The van der Waals surface area contributed by atoms with Gasteiger partial charge in [-0.15, -0.1) is 0 Å². The van der Waals surface area contributed by atoms with Crippen molar-refractivity contribution in [1.82, 2.24) is 10.3 Å². The van der Waals surface area contributed by atoms with Gasteiger partial charge in [0.05, 0.1) is 17.7 Å². The molecule has 0 spiro atoms. The van der Waals surface area contributed by atoms with Crippen LogP contribution in [0.1, 0.15) is 29.9 Å². The third-order valence-corrected chi connectivity index (χ3v) is 2.36. The number of pyridine rings is 1. The summed E-state index contributed by atoms with van der Waals surface area (Å²) in [6.07, 6.45) is 0. The topological polar surface area (TPSA) is 74.2 Å². The Morgan fingerprint density at radius 2 is 2.12 bits per heavy atom. The van der Waals surface area contributed by atoms with Gasteiger partial charge < -0.3 is 15.7 Å². The van der Waals surface area contributed by atoms with E-state index in [2.05, 4.69) is 15.6 Å². The molecule has 0 unspecified atom stereocenters. The van der Waals surface area contributed by atoms with E-state index in [-0.39, 0.29) is 12.5 Å². The first-order chi connectivity index (χ1) is 7.89. The first-order valence-electron chi connectivity index (χ1n) is 5.48. The lowest BCUT2D eigenvalue weighted by molar-refractivity contribution is 0.0870. The monoisotopic (exact) mass is 237 g/mol. The number of amides is 1. The molecule has 1 aromatic heterocycles. The van der Waals surface area contributed by atoms with Crippen molar-refractivity contribution >= 4 is 11.7 Å². The molecule has 1 rings (SSSR count). The third kappa shape index (κ3) is 3.42. The van der Waals surface area contributed by atoms with E-state index >= 15 is 0 Å². The van der Waals surface area contributed by atoms with Crippen molar-refractivity contribution in [2.45, 2.75) is 26.3 Å². The lowest BCUT2D eigenvalue weighted by Gasteiger charge is -2.24. The maximum absolute atomic E-state index is 12.0. The number of nitrogens with one attached hydrogen (secondary N) is 2. The van der Waals surface area contributed by atoms with Crippen molar-refractivity contribution in [3.8, 4) is 0 Å². The second-order valence-corrected chi connectivity index (χ2v) is 4.59. The fourth-order valence-electron chi connectivity index (χ4n) is 1.34. The van der Waals surface area contributed by atoms with E-state index in [1.165, 1.54) is 0 Å². The highest BCUT2D eigenvalue weighted by Crippen LogP contribution is 2.14. The minimum atomic E-state index is -0.646. The van der Waals surface area contributed by atoms with E-state index in [1.807, 2.05) is 6.92 Å². The van der Waals surface area contributed by atoms with E-state index in [0.717, 1.165) is 5.69 Å². The van der Waals surface area contributed by atoms with Gasteiger partial charge in [-0.25, -0.2) is 4.98 Å². The normalized spacial score (nSPS) is 11.1. The molecule has 0 atom stereocenters. The van der Waals surface area contributed by atoms with Crippen LogP contribution in [0.25, 0.3) is 0 Å². The minimum Gasteiger partial charge on any atom is -0.394 e. The van der Waals surface area contributed by atoms with Crippen LogP contribution in [0.5, 0.6) is 0 Å². The van der Waals surface area contributed by atoms with Crippen molar-refractivity contribution in [1.29, 1.82) is 0 Å². The van der Waals surface area contributed by atoms with Gasteiger partial charge in [-0.3, -0.25) is 4.79 Å². The molecule has 5 heteroatoms. The molecular weight excluding hydrogens is 218 g/mol. The van der Waals surface area contributed by atoms with Crippen LogP contribution in [0.15, 0.2) is 12.1 Å². The predicted octanol–water partition coefficient (Wildman–Crippen LogP) is 0.932. The lowest BCUT2D eigenvalue weighted by Crippen LogP contribution is -2.46. The highest BCUT2D eigenvalue weighted by atomic mass is 16.3. The van der Waals surface area contributed by atoms with Gasteiger partial charge in [0.25, 0.3) is 5.91 Å². The van der Waals surface area contributed by atoms with Crippen LogP contribution in [0, 0.1) is 6.92 Å². The Morgan fingerprint density at radius 3 is 2.65 bits per heavy atom. The Bertz CT molecular complexity index is 416. The summed E-state index contributed by atoms with van der Waals surface area (Å²) in [6.45, 7) is 5.25. The fraction of sp³-hybridized carbons (Fsp3) is 0.500. The van der Waals surface area contributed by atoms with Crippen molar-refractivity contribution in [3.05, 3.63) is 23.4 Å². The van der Waals surface area contributed by atoms with Gasteiger partial charge in [0.15, 0.2) is 0 Å². The molecule has 0 aliphatic heterocycles. The molecule has 1 heterocycles. The van der Waals surface area contributed by atoms with E-state index < -0.39 is 5.54 Å². The third-order valence-electron chi connectivity index (χ3n) is 2.36. The quantitative estimate of drug-likeness (QED) is 0.728. The van der Waals surface area contributed by atoms with E-state index in [1.54, 1.807) is 33.0 Å². The number of nitrogens with zero attached hydrogens (tertiary/aromatic N) is 1. The van der Waals surface area contributed by atoms with Gasteiger partial charge in [0.1, 0.15) is 5.82 Å². The molecule has 0 saturated carbocycles. The van der Waals surface area contributed by atoms with E-state index in [0.29, 0.717) is 11.4 Å². The summed E-state index contributed by atoms with van der Waals surface area (Å²) in [5.74, 6) is 0.289. The lowest BCUT2D eigenvalue weighted by atomic mass is 10.1. The van der Waals surface area contributed by atoms with E-state index in [9.17, 15) is 4.79 Å². The minimum absolute atomic E-state index is 0.118. The summed E-state index contributed by atoms with van der Waals surface area (Å²) in [7, 11) is 1.72. The van der Waals surface area contributed by atoms with Crippen LogP contribution < -0.4 is 10.6 Å². The fourth-order valence-corrected chi connectivity index (χ4v) is 1.34. The summed E-state index contributed by atoms with van der Waals surface area (Å²) in [5, 5.41) is 14.7. The summed E-state index contributed by atoms with van der Waals surface area (Å²) in [5.41, 5.74) is 0.666. The highest BCUT2D eigenvalue weighted by molar-refractivity contribution is 5.99. The molecule has 3 N–H and O–H groups in total. The molecule has 1 aromatic rings. The van der Waals surface area contributed by atoms with Crippen LogP contribution in [-0.4, -0.2) is 35.2 Å². The Kier molecular flexibility index (Phi) is 4.07. The molecule has 5 nitrogen and oxygen atoms in total. The Balaban J connectivity index is 2.96. The van der Waals surface area contributed by atoms with Crippen LogP contribution in [0.4, 0.5) is 5.82 Å². The standard InChI is InChI=1S/C12H19N3O2/c1-8-5-6-9(10(13-4)14-8)11(17)15-12(2,3)7-16/h5-6,16H,7H2,1-4H3,(H,13,14)(H,15,17). The Labute approximate surface area is 101 Å². The second kappa shape index (κ2) is 5.14. The first-order valence-corrected chi connectivity index (χ1v) is 5.48. The van der Waals surface area contributed by atoms with Gasteiger partial charge in [-0.05, 0) is 32.9 Å². The number of carbonyl (C=O) groups excluding carboxylic acids is 1. The Hall–Kier alpha value is -1.62. The molecule has 0 saturated heterocycles. The molecular formula is C12H19N3O2. The van der Waals surface area contributed by atoms with Crippen molar-refractivity contribution in [2.24, 2.45) is 0 Å². The van der Waals surface area contributed by atoms with Crippen LogP contribution >= 0.6 is 0 Å². The smallest absolute Gasteiger partial charge is 0.255 e. The zero-order chi connectivity index (χ0) is 13.1. The summed E-state index contributed by atoms with van der Waals surface area (Å²) in [4.78, 5) is 16.2. The number of rotatable bonds is 4. The van der Waals surface area contributed by atoms with Gasteiger partial charge in [0, 0.05) is 12.7 Å². The Morgan fingerprint density at radius 1 is 1.47 bits per heavy atom. The maximum atomic E-state index is 12.0. The summed E-state index contributed by atoms with van der Waals surface area (Å²) < 4.78 is 0. The second-order valence-electron chi connectivity index (χ2n) is 4.59. The highest BCUT2D eigenvalue weighted by Gasteiger charge is 2.21. The number of hydrogen-bond donors (Lipinski definition) is 3. The summed E-state index contributed by atoms with van der Waals surface area (Å²) >= 11 is 0. The van der Waals surface area contributed by atoms with Crippen molar-refractivity contribution in [3.63, 3.8) is 0 Å². The molecule has 0 aromatic carbocycles. The molecule has 17 heavy (non-hydrogen) atoms. The predicted molar refractivity (Wildman–Crippen MR) is 67.2 cm³/mol. The molecule has 0 aliphatic carbocycles. The largest absolute Gasteiger partial charge is 0.394 e. The van der Waals surface area contributed by atoms with Gasteiger partial charge >= 0.3 is 0 Å². The molecule has 1 amide bonds. The van der Waals surface area contributed by atoms with Gasteiger partial charge in [-0.2, -0.15) is 0 Å². The summed E-state index contributed by atoms with van der Waals surface area (Å²) in [6, 6.07) is 3.50. The molecule has 0 fully saturated rings. The molecule has 0 aliphatic rings. The zero-order valence-electron chi connectivity index (χ0n) is 10.7. The maximum Gasteiger partial charge on any atom is 0.255 e. The van der Waals surface area contributed by atoms with Crippen molar-refractivity contribution < 1.29 is 9.90 Å².